The van der Waals surface area contributed by atoms with Gasteiger partial charge < -0.3 is 16.2 Å². The van der Waals surface area contributed by atoms with Crippen molar-refractivity contribution in [3.8, 4) is 0 Å². The molecule has 4 N–H and O–H groups in total. The molecule has 0 saturated carbocycles. The monoisotopic (exact) mass is 238 g/mol. The SMILES string of the molecule is CCN.O=C(O)[C@@H]1CCCN1.c1ccccc1. The van der Waals surface area contributed by atoms with E-state index in [0.717, 1.165) is 25.9 Å². The summed E-state index contributed by atoms with van der Waals surface area (Å²) in [4.78, 5) is 10.1. The van der Waals surface area contributed by atoms with Crippen LogP contribution in [0.5, 0.6) is 0 Å². The fourth-order valence-corrected chi connectivity index (χ4v) is 1.28. The molecule has 4 heteroatoms. The average Bonchev–Trinajstić information content (AvgIpc) is 2.87. The smallest absolute Gasteiger partial charge is 0.320 e. The predicted octanol–water partition coefficient (Wildman–Crippen LogP) is 1.47. The molecule has 0 spiro atoms. The van der Waals surface area contributed by atoms with Gasteiger partial charge >= 0.3 is 5.97 Å². The molecule has 0 amide bonds. The summed E-state index contributed by atoms with van der Waals surface area (Å²) in [6, 6.07) is 11.7. The van der Waals surface area contributed by atoms with E-state index in [0.29, 0.717) is 0 Å². The highest BCUT2D eigenvalue weighted by Crippen LogP contribution is 2.03. The molecule has 2 rings (SSSR count). The molecule has 0 aliphatic carbocycles. The van der Waals surface area contributed by atoms with Gasteiger partial charge in [-0.3, -0.25) is 4.79 Å². The van der Waals surface area contributed by atoms with Gasteiger partial charge in [0.15, 0.2) is 0 Å². The lowest BCUT2D eigenvalue weighted by Gasteiger charge is -1.99. The van der Waals surface area contributed by atoms with Crippen LogP contribution in [0, 0.1) is 0 Å². The highest BCUT2D eigenvalue weighted by molar-refractivity contribution is 5.73. The minimum Gasteiger partial charge on any atom is -0.480 e. The van der Waals surface area contributed by atoms with Crippen molar-refractivity contribution < 1.29 is 9.90 Å². The first-order valence-corrected chi connectivity index (χ1v) is 5.88. The Hall–Kier alpha value is -1.39. The van der Waals surface area contributed by atoms with Crippen molar-refractivity contribution in [2.45, 2.75) is 25.8 Å². The van der Waals surface area contributed by atoms with Crippen molar-refractivity contribution in [3.05, 3.63) is 36.4 Å². The van der Waals surface area contributed by atoms with Gasteiger partial charge in [-0.2, -0.15) is 0 Å². The third-order valence-corrected chi connectivity index (χ3v) is 2.03. The predicted molar refractivity (Wildman–Crippen MR) is 69.8 cm³/mol. The van der Waals surface area contributed by atoms with Crippen LogP contribution in [0.1, 0.15) is 19.8 Å². The molecule has 1 aliphatic rings. The van der Waals surface area contributed by atoms with Crippen LogP contribution >= 0.6 is 0 Å². The molecule has 1 fully saturated rings. The lowest BCUT2D eigenvalue weighted by Crippen LogP contribution is -2.29. The zero-order chi connectivity index (χ0) is 12.9. The van der Waals surface area contributed by atoms with Crippen LogP contribution in [0.25, 0.3) is 0 Å². The molecule has 0 unspecified atom stereocenters. The minimum atomic E-state index is -0.720. The number of aliphatic carboxylic acids is 1. The van der Waals surface area contributed by atoms with Crippen molar-refractivity contribution in [2.75, 3.05) is 13.1 Å². The number of rotatable bonds is 1. The molecule has 0 aromatic heterocycles. The first-order valence-electron chi connectivity index (χ1n) is 5.88. The van der Waals surface area contributed by atoms with Gasteiger partial charge in [-0.1, -0.05) is 43.3 Å². The molecule has 0 bridgehead atoms. The fraction of sp³-hybridized carbons (Fsp3) is 0.462. The summed E-state index contributed by atoms with van der Waals surface area (Å²) in [5, 5.41) is 11.2. The molecule has 1 atom stereocenters. The molecule has 1 heterocycles. The van der Waals surface area contributed by atoms with E-state index in [1.54, 1.807) is 0 Å². The van der Waals surface area contributed by atoms with E-state index in [4.69, 9.17) is 10.8 Å². The summed E-state index contributed by atoms with van der Waals surface area (Å²) < 4.78 is 0. The van der Waals surface area contributed by atoms with E-state index in [-0.39, 0.29) is 6.04 Å². The first-order chi connectivity index (χ1) is 8.22. The normalized spacial score (nSPS) is 17.2. The highest BCUT2D eigenvalue weighted by Gasteiger charge is 2.20. The van der Waals surface area contributed by atoms with Crippen molar-refractivity contribution >= 4 is 5.97 Å². The molecule has 4 nitrogen and oxygen atoms in total. The quantitative estimate of drug-likeness (QED) is 0.692. The van der Waals surface area contributed by atoms with Crippen LogP contribution in [0.2, 0.25) is 0 Å². The number of hydrogen-bond acceptors (Lipinski definition) is 3. The van der Waals surface area contributed by atoms with Gasteiger partial charge in [0.1, 0.15) is 6.04 Å². The molecular formula is C13H22N2O2. The summed E-state index contributed by atoms with van der Waals surface area (Å²) in [5.41, 5.74) is 4.85. The van der Waals surface area contributed by atoms with E-state index in [1.165, 1.54) is 0 Å². The number of carboxylic acid groups (broad SMARTS) is 1. The van der Waals surface area contributed by atoms with Gasteiger partial charge in [-0.25, -0.2) is 0 Å². The molecule has 1 saturated heterocycles. The van der Waals surface area contributed by atoms with Crippen LogP contribution in [0.3, 0.4) is 0 Å². The largest absolute Gasteiger partial charge is 0.480 e. The Balaban J connectivity index is 0.000000252. The van der Waals surface area contributed by atoms with Crippen molar-refractivity contribution in [3.63, 3.8) is 0 Å². The summed E-state index contributed by atoms with van der Waals surface area (Å²) in [6.45, 7) is 3.51. The zero-order valence-electron chi connectivity index (χ0n) is 10.3. The van der Waals surface area contributed by atoms with Crippen molar-refractivity contribution in [1.82, 2.24) is 5.32 Å². The molecule has 1 aliphatic heterocycles. The number of nitrogens with one attached hydrogen (secondary N) is 1. The number of benzene rings is 1. The molecule has 1 aromatic carbocycles. The van der Waals surface area contributed by atoms with Gasteiger partial charge in [-0.05, 0) is 25.9 Å². The topological polar surface area (TPSA) is 75.4 Å². The Morgan fingerprint density at radius 1 is 1.29 bits per heavy atom. The van der Waals surface area contributed by atoms with Crippen LogP contribution in [0.15, 0.2) is 36.4 Å². The lowest BCUT2D eigenvalue weighted by molar-refractivity contribution is -0.139. The highest BCUT2D eigenvalue weighted by atomic mass is 16.4. The maximum Gasteiger partial charge on any atom is 0.320 e. The van der Waals surface area contributed by atoms with Crippen LogP contribution in [-0.4, -0.2) is 30.2 Å². The first kappa shape index (κ1) is 15.6. The van der Waals surface area contributed by atoms with Gasteiger partial charge in [0.2, 0.25) is 0 Å². The Morgan fingerprint density at radius 3 is 1.88 bits per heavy atom. The summed E-state index contributed by atoms with van der Waals surface area (Å²) in [7, 11) is 0. The minimum absolute atomic E-state index is 0.269. The maximum absolute atomic E-state index is 10.1. The van der Waals surface area contributed by atoms with Crippen LogP contribution in [-0.2, 0) is 4.79 Å². The lowest BCUT2D eigenvalue weighted by atomic mass is 10.2. The van der Waals surface area contributed by atoms with E-state index in [2.05, 4.69) is 5.32 Å². The summed E-state index contributed by atoms with van der Waals surface area (Å²) >= 11 is 0. The number of nitrogens with two attached hydrogens (primary N) is 1. The summed E-state index contributed by atoms with van der Waals surface area (Å²) in [5.74, 6) is -0.720. The second-order valence-corrected chi connectivity index (χ2v) is 3.55. The number of carbonyl (C=O) groups is 1. The molecule has 0 radical (unpaired) electrons. The van der Waals surface area contributed by atoms with E-state index in [9.17, 15) is 4.79 Å². The Kier molecular flexibility index (Phi) is 10.2. The Labute approximate surface area is 103 Å². The second-order valence-electron chi connectivity index (χ2n) is 3.55. The third kappa shape index (κ3) is 9.53. The van der Waals surface area contributed by atoms with Crippen molar-refractivity contribution in [1.29, 1.82) is 0 Å². The average molecular weight is 238 g/mol. The van der Waals surface area contributed by atoms with Gasteiger partial charge in [0.05, 0.1) is 0 Å². The van der Waals surface area contributed by atoms with Gasteiger partial charge in [0, 0.05) is 0 Å². The third-order valence-electron chi connectivity index (χ3n) is 2.03. The Bertz CT molecular complexity index is 245. The van der Waals surface area contributed by atoms with E-state index in [1.807, 2.05) is 43.3 Å². The van der Waals surface area contributed by atoms with E-state index < -0.39 is 5.97 Å². The van der Waals surface area contributed by atoms with Gasteiger partial charge in [0.25, 0.3) is 0 Å². The standard InChI is InChI=1S/C6H6.C5H9NO2.C2H7N/c1-2-4-6-5-3-1;7-5(8)4-2-1-3-6-4;1-2-3/h1-6H;4,6H,1-3H2,(H,7,8);2-3H2,1H3/t;4-;/m.0./s1. The molecular weight excluding hydrogens is 216 g/mol. The molecule has 96 valence electrons. The van der Waals surface area contributed by atoms with E-state index >= 15 is 0 Å². The second kappa shape index (κ2) is 11.1. The van der Waals surface area contributed by atoms with Crippen LogP contribution < -0.4 is 11.1 Å². The zero-order valence-corrected chi connectivity index (χ0v) is 10.3. The Morgan fingerprint density at radius 2 is 1.71 bits per heavy atom. The molecule has 1 aromatic rings. The van der Waals surface area contributed by atoms with Crippen molar-refractivity contribution in [2.24, 2.45) is 5.73 Å². The number of hydrogen-bond donors (Lipinski definition) is 3. The maximum atomic E-state index is 10.1. The van der Waals surface area contributed by atoms with Crippen LogP contribution in [0.4, 0.5) is 0 Å². The molecule has 17 heavy (non-hydrogen) atoms. The number of carboxylic acids is 1. The van der Waals surface area contributed by atoms with Gasteiger partial charge in [-0.15, -0.1) is 0 Å². The fourth-order valence-electron chi connectivity index (χ4n) is 1.28. The summed E-state index contributed by atoms with van der Waals surface area (Å²) in [6.07, 6.45) is 1.78.